The molecule has 1 aromatic heterocycles. The van der Waals surface area contributed by atoms with Crippen LogP contribution in [0.4, 0.5) is 0 Å². The zero-order valence-corrected chi connectivity index (χ0v) is 11.2. The van der Waals surface area contributed by atoms with Crippen LogP contribution in [-0.4, -0.2) is 41.1 Å². The number of hydrogen-bond donors (Lipinski definition) is 1. The topological polar surface area (TPSA) is 45.3 Å². The van der Waals surface area contributed by atoms with Gasteiger partial charge in [0.1, 0.15) is 0 Å². The van der Waals surface area contributed by atoms with Crippen LogP contribution in [0, 0.1) is 0 Å². The van der Waals surface area contributed by atoms with E-state index in [0.29, 0.717) is 13.2 Å². The maximum absolute atomic E-state index is 12.7. The Balaban J connectivity index is 1.97. The Bertz CT molecular complexity index is 605. The van der Waals surface area contributed by atoms with Gasteiger partial charge in [-0.1, -0.05) is 12.1 Å². The number of H-pyrrole nitrogens is 1. The molecule has 1 fully saturated rings. The number of carbonyl (C=O) groups is 1. The smallest absolute Gasteiger partial charge is 0.256 e. The summed E-state index contributed by atoms with van der Waals surface area (Å²) in [5.74, 6) is 0.0794. The van der Waals surface area contributed by atoms with Gasteiger partial charge in [-0.2, -0.15) is 0 Å². The summed E-state index contributed by atoms with van der Waals surface area (Å²) in [5, 5.41) is 1.07. The third-order valence-electron chi connectivity index (χ3n) is 3.69. The van der Waals surface area contributed by atoms with Crippen molar-refractivity contribution in [2.45, 2.75) is 26.0 Å². The standard InChI is InChI=1S/C15H18N2O2/c1-10-9-19-11(2)8-17(10)15(18)13-5-3-4-12-6-7-16-14(12)13/h3-7,10-11,16H,8-9H2,1-2H3. The van der Waals surface area contributed by atoms with Gasteiger partial charge in [0, 0.05) is 18.1 Å². The van der Waals surface area contributed by atoms with E-state index in [9.17, 15) is 4.79 Å². The number of morpholine rings is 1. The number of nitrogens with zero attached hydrogens (tertiary/aromatic N) is 1. The van der Waals surface area contributed by atoms with E-state index < -0.39 is 0 Å². The Kier molecular flexibility index (Phi) is 3.03. The molecule has 2 aromatic rings. The molecule has 1 amide bonds. The van der Waals surface area contributed by atoms with Gasteiger partial charge in [-0.05, 0) is 26.0 Å². The number of aromatic nitrogens is 1. The quantitative estimate of drug-likeness (QED) is 0.853. The molecule has 1 saturated heterocycles. The van der Waals surface area contributed by atoms with Crippen LogP contribution in [0.3, 0.4) is 0 Å². The Morgan fingerprint density at radius 3 is 3.05 bits per heavy atom. The van der Waals surface area contributed by atoms with E-state index >= 15 is 0 Å². The molecule has 4 heteroatoms. The Hall–Kier alpha value is -1.81. The van der Waals surface area contributed by atoms with Crippen LogP contribution >= 0.6 is 0 Å². The fraction of sp³-hybridized carbons (Fsp3) is 0.400. The summed E-state index contributed by atoms with van der Waals surface area (Å²) in [6.07, 6.45) is 1.97. The summed E-state index contributed by atoms with van der Waals surface area (Å²) in [7, 11) is 0. The van der Waals surface area contributed by atoms with Gasteiger partial charge in [-0.15, -0.1) is 0 Å². The molecule has 4 nitrogen and oxygen atoms in total. The van der Waals surface area contributed by atoms with Crippen LogP contribution in [-0.2, 0) is 4.74 Å². The van der Waals surface area contributed by atoms with Crippen LogP contribution in [0.2, 0.25) is 0 Å². The van der Waals surface area contributed by atoms with Crippen LogP contribution in [0.25, 0.3) is 10.9 Å². The molecule has 19 heavy (non-hydrogen) atoms. The van der Waals surface area contributed by atoms with Crippen LogP contribution in [0.15, 0.2) is 30.5 Å². The zero-order chi connectivity index (χ0) is 13.4. The predicted octanol–water partition coefficient (Wildman–Crippen LogP) is 2.42. The molecule has 0 aliphatic carbocycles. The summed E-state index contributed by atoms with van der Waals surface area (Å²) in [6.45, 7) is 5.28. The second-order valence-electron chi connectivity index (χ2n) is 5.20. The summed E-state index contributed by atoms with van der Waals surface area (Å²) in [5.41, 5.74) is 1.65. The lowest BCUT2D eigenvalue weighted by atomic mass is 10.1. The van der Waals surface area contributed by atoms with Crippen LogP contribution < -0.4 is 0 Å². The van der Waals surface area contributed by atoms with E-state index in [1.165, 1.54) is 0 Å². The average molecular weight is 258 g/mol. The van der Waals surface area contributed by atoms with Crippen molar-refractivity contribution >= 4 is 16.8 Å². The first-order valence-electron chi connectivity index (χ1n) is 6.65. The van der Waals surface area contributed by atoms with Crippen LogP contribution in [0.1, 0.15) is 24.2 Å². The Morgan fingerprint density at radius 2 is 2.21 bits per heavy atom. The number of ether oxygens (including phenoxy) is 1. The molecule has 1 aliphatic heterocycles. The minimum absolute atomic E-state index is 0.0794. The van der Waals surface area contributed by atoms with Crippen molar-refractivity contribution < 1.29 is 9.53 Å². The van der Waals surface area contributed by atoms with Gasteiger partial charge in [0.05, 0.1) is 29.8 Å². The minimum atomic E-state index is 0.0794. The van der Waals surface area contributed by atoms with Crippen molar-refractivity contribution in [1.29, 1.82) is 0 Å². The van der Waals surface area contributed by atoms with Gasteiger partial charge in [0.25, 0.3) is 5.91 Å². The number of para-hydroxylation sites is 1. The van der Waals surface area contributed by atoms with Gasteiger partial charge in [0.2, 0.25) is 0 Å². The molecule has 2 atom stereocenters. The SMILES string of the molecule is CC1CN(C(=O)c2cccc3cc[nH]c23)C(C)CO1. The molecule has 0 bridgehead atoms. The molecule has 2 heterocycles. The molecule has 1 N–H and O–H groups in total. The van der Waals surface area contributed by atoms with Crippen LogP contribution in [0.5, 0.6) is 0 Å². The van der Waals surface area contributed by atoms with Gasteiger partial charge in [-0.25, -0.2) is 0 Å². The lowest BCUT2D eigenvalue weighted by Gasteiger charge is -2.36. The first kappa shape index (κ1) is 12.2. The average Bonchev–Trinajstić information content (AvgIpc) is 2.89. The molecular formula is C15H18N2O2. The summed E-state index contributed by atoms with van der Waals surface area (Å²) >= 11 is 0. The van der Waals surface area contributed by atoms with Crippen molar-refractivity contribution in [2.75, 3.05) is 13.2 Å². The normalized spacial score (nSPS) is 23.8. The molecule has 3 rings (SSSR count). The third kappa shape index (κ3) is 2.12. The highest BCUT2D eigenvalue weighted by Gasteiger charge is 2.29. The lowest BCUT2D eigenvalue weighted by molar-refractivity contribution is -0.0386. The van der Waals surface area contributed by atoms with E-state index in [4.69, 9.17) is 4.74 Å². The number of fused-ring (bicyclic) bond motifs is 1. The van der Waals surface area contributed by atoms with Gasteiger partial charge in [-0.3, -0.25) is 4.79 Å². The highest BCUT2D eigenvalue weighted by atomic mass is 16.5. The monoisotopic (exact) mass is 258 g/mol. The molecule has 1 aromatic carbocycles. The third-order valence-corrected chi connectivity index (χ3v) is 3.69. The van der Waals surface area contributed by atoms with Gasteiger partial charge < -0.3 is 14.6 Å². The van der Waals surface area contributed by atoms with E-state index in [0.717, 1.165) is 16.5 Å². The highest BCUT2D eigenvalue weighted by Crippen LogP contribution is 2.21. The zero-order valence-electron chi connectivity index (χ0n) is 11.2. The van der Waals surface area contributed by atoms with Gasteiger partial charge >= 0.3 is 0 Å². The number of carbonyl (C=O) groups excluding carboxylic acids is 1. The first-order valence-corrected chi connectivity index (χ1v) is 6.65. The number of nitrogens with one attached hydrogen (secondary N) is 1. The second-order valence-corrected chi connectivity index (χ2v) is 5.20. The predicted molar refractivity (Wildman–Crippen MR) is 74.2 cm³/mol. The molecule has 0 spiro atoms. The molecule has 0 saturated carbocycles. The van der Waals surface area contributed by atoms with Crippen molar-refractivity contribution in [3.63, 3.8) is 0 Å². The highest BCUT2D eigenvalue weighted by molar-refractivity contribution is 6.05. The van der Waals surface area contributed by atoms with E-state index in [1.807, 2.05) is 49.2 Å². The number of hydrogen-bond acceptors (Lipinski definition) is 2. The number of amides is 1. The first-order chi connectivity index (χ1) is 9.16. The van der Waals surface area contributed by atoms with Crippen molar-refractivity contribution in [3.8, 4) is 0 Å². The van der Waals surface area contributed by atoms with Crippen molar-refractivity contribution in [2.24, 2.45) is 0 Å². The molecular weight excluding hydrogens is 240 g/mol. The number of rotatable bonds is 1. The minimum Gasteiger partial charge on any atom is -0.375 e. The summed E-state index contributed by atoms with van der Waals surface area (Å²) in [6, 6.07) is 7.92. The Labute approximate surface area is 112 Å². The largest absolute Gasteiger partial charge is 0.375 e. The summed E-state index contributed by atoms with van der Waals surface area (Å²) in [4.78, 5) is 17.8. The second kappa shape index (κ2) is 4.70. The molecule has 1 aliphatic rings. The summed E-state index contributed by atoms with van der Waals surface area (Å²) < 4.78 is 5.58. The Morgan fingerprint density at radius 1 is 1.37 bits per heavy atom. The van der Waals surface area contributed by atoms with E-state index in [2.05, 4.69) is 4.98 Å². The maximum Gasteiger partial charge on any atom is 0.256 e. The molecule has 0 radical (unpaired) electrons. The van der Waals surface area contributed by atoms with E-state index in [-0.39, 0.29) is 18.1 Å². The van der Waals surface area contributed by atoms with Crippen molar-refractivity contribution in [1.82, 2.24) is 9.88 Å². The maximum atomic E-state index is 12.7. The van der Waals surface area contributed by atoms with Crippen molar-refractivity contribution in [3.05, 3.63) is 36.0 Å². The fourth-order valence-corrected chi connectivity index (χ4v) is 2.60. The fourth-order valence-electron chi connectivity index (χ4n) is 2.60. The lowest BCUT2D eigenvalue weighted by Crippen LogP contribution is -2.50. The number of aromatic amines is 1. The van der Waals surface area contributed by atoms with Gasteiger partial charge in [0.15, 0.2) is 0 Å². The van der Waals surface area contributed by atoms with E-state index in [1.54, 1.807) is 0 Å². The number of benzene rings is 1. The molecule has 100 valence electrons. The molecule has 2 unspecified atom stereocenters.